The van der Waals surface area contributed by atoms with Gasteiger partial charge in [0.2, 0.25) is 5.28 Å². The average molecular weight is 298 g/mol. The average Bonchev–Trinajstić information content (AvgIpc) is 2.81. The summed E-state index contributed by atoms with van der Waals surface area (Å²) in [6, 6.07) is 5.27. The van der Waals surface area contributed by atoms with Crippen molar-refractivity contribution in [2.75, 3.05) is 5.32 Å². The fourth-order valence-electron chi connectivity index (χ4n) is 1.48. The molecule has 0 unspecified atom stereocenters. The van der Waals surface area contributed by atoms with Gasteiger partial charge in [-0.3, -0.25) is 0 Å². The highest BCUT2D eigenvalue weighted by atomic mass is 35.5. The molecule has 18 heavy (non-hydrogen) atoms. The van der Waals surface area contributed by atoms with Gasteiger partial charge in [-0.1, -0.05) is 11.6 Å². The number of benzene rings is 1. The molecular weight excluding hydrogens is 293 g/mol. The Morgan fingerprint density at radius 2 is 2.00 bits per heavy atom. The zero-order valence-electron chi connectivity index (χ0n) is 8.76. The van der Waals surface area contributed by atoms with Crippen LogP contribution in [0.15, 0.2) is 24.4 Å². The molecule has 0 aliphatic rings. The Morgan fingerprint density at radius 1 is 1.11 bits per heavy atom. The Bertz CT molecular complexity index is 714. The van der Waals surface area contributed by atoms with Crippen LogP contribution in [-0.4, -0.2) is 18.7 Å². The van der Waals surface area contributed by atoms with E-state index in [9.17, 15) is 0 Å². The van der Waals surface area contributed by atoms with E-state index < -0.39 is 0 Å². The Kier molecular flexibility index (Phi) is 2.99. The molecule has 0 spiro atoms. The highest BCUT2D eigenvalue weighted by Crippen LogP contribution is 2.31. The first-order chi connectivity index (χ1) is 8.74. The van der Waals surface area contributed by atoms with Crippen molar-refractivity contribution in [3.63, 3.8) is 0 Å². The summed E-state index contributed by atoms with van der Waals surface area (Å²) in [5.41, 5.74) is 2.16. The van der Waals surface area contributed by atoms with Crippen LogP contribution in [0.25, 0.3) is 11.0 Å². The minimum Gasteiger partial charge on any atom is -0.337 e. The first kappa shape index (κ1) is 11.6. The van der Waals surface area contributed by atoms with Crippen LogP contribution in [0.3, 0.4) is 0 Å². The van der Waals surface area contributed by atoms with Crippen molar-refractivity contribution in [2.45, 2.75) is 0 Å². The molecule has 1 N–H and O–H groups in total. The Labute approximate surface area is 116 Å². The molecule has 3 rings (SSSR count). The summed E-state index contributed by atoms with van der Waals surface area (Å²) in [4.78, 5) is 7.85. The van der Waals surface area contributed by atoms with E-state index in [-0.39, 0.29) is 5.28 Å². The smallest absolute Gasteiger partial charge is 0.224 e. The fraction of sp³-hybridized carbons (Fsp3) is 0. The molecule has 0 saturated heterocycles. The van der Waals surface area contributed by atoms with Crippen LogP contribution < -0.4 is 5.32 Å². The maximum atomic E-state index is 6.15. The molecule has 0 amide bonds. The lowest BCUT2D eigenvalue weighted by atomic mass is 10.2. The lowest BCUT2D eigenvalue weighted by Gasteiger charge is -2.07. The molecule has 2 aromatic heterocycles. The number of nitrogens with one attached hydrogen (secondary N) is 1. The molecule has 90 valence electrons. The van der Waals surface area contributed by atoms with Crippen LogP contribution in [0.1, 0.15) is 0 Å². The molecule has 0 radical (unpaired) electrons. The minimum atomic E-state index is 0.166. The normalized spacial score (nSPS) is 10.8. The van der Waals surface area contributed by atoms with Gasteiger partial charge in [0, 0.05) is 6.20 Å². The summed E-state index contributed by atoms with van der Waals surface area (Å²) in [6.45, 7) is 0. The number of nitrogens with zero attached hydrogens (tertiary/aromatic N) is 4. The molecule has 0 aliphatic heterocycles. The molecular formula is C10H5Cl2N5S. The van der Waals surface area contributed by atoms with Crippen molar-refractivity contribution < 1.29 is 0 Å². The van der Waals surface area contributed by atoms with Crippen molar-refractivity contribution >= 4 is 57.5 Å². The van der Waals surface area contributed by atoms with E-state index in [0.717, 1.165) is 17.2 Å². The number of halogens is 2. The Balaban J connectivity index is 2.09. The van der Waals surface area contributed by atoms with Gasteiger partial charge in [-0.25, -0.2) is 9.97 Å². The number of rotatable bonds is 2. The van der Waals surface area contributed by atoms with E-state index in [1.54, 1.807) is 18.3 Å². The molecule has 2 heterocycles. The van der Waals surface area contributed by atoms with Gasteiger partial charge in [-0.2, -0.15) is 8.75 Å². The monoisotopic (exact) mass is 297 g/mol. The molecule has 0 atom stereocenters. The zero-order valence-corrected chi connectivity index (χ0v) is 11.1. The van der Waals surface area contributed by atoms with Crippen molar-refractivity contribution in [1.82, 2.24) is 18.7 Å². The summed E-state index contributed by atoms with van der Waals surface area (Å²) in [7, 11) is 0. The van der Waals surface area contributed by atoms with Crippen LogP contribution in [0.4, 0.5) is 11.5 Å². The number of hydrogen-bond donors (Lipinski definition) is 1. The third-order valence-electron chi connectivity index (χ3n) is 2.26. The Morgan fingerprint density at radius 3 is 2.83 bits per heavy atom. The molecule has 5 nitrogen and oxygen atoms in total. The number of aromatic nitrogens is 4. The van der Waals surface area contributed by atoms with E-state index in [2.05, 4.69) is 24.0 Å². The third-order valence-corrected chi connectivity index (χ3v) is 3.30. The van der Waals surface area contributed by atoms with Crippen LogP contribution in [0.5, 0.6) is 0 Å². The molecule has 0 saturated carbocycles. The molecule has 0 bridgehead atoms. The Hall–Kier alpha value is -1.50. The quantitative estimate of drug-likeness (QED) is 0.733. The number of hydrogen-bond acceptors (Lipinski definition) is 6. The van der Waals surface area contributed by atoms with Gasteiger partial charge in [-0.05, 0) is 29.8 Å². The topological polar surface area (TPSA) is 63.6 Å². The van der Waals surface area contributed by atoms with E-state index in [1.165, 1.54) is 0 Å². The largest absolute Gasteiger partial charge is 0.337 e. The summed E-state index contributed by atoms with van der Waals surface area (Å²) in [5, 5.41) is 3.79. The van der Waals surface area contributed by atoms with Gasteiger partial charge >= 0.3 is 0 Å². The lowest BCUT2D eigenvalue weighted by Crippen LogP contribution is -1.96. The number of anilines is 2. The first-order valence-corrected chi connectivity index (χ1v) is 6.39. The first-order valence-electron chi connectivity index (χ1n) is 4.90. The lowest BCUT2D eigenvalue weighted by molar-refractivity contribution is 1.17. The van der Waals surface area contributed by atoms with Crippen molar-refractivity contribution in [3.8, 4) is 0 Å². The zero-order chi connectivity index (χ0) is 12.5. The minimum absolute atomic E-state index is 0.166. The summed E-state index contributed by atoms with van der Waals surface area (Å²) in [5.74, 6) is 0.553. The predicted molar refractivity (Wildman–Crippen MR) is 72.7 cm³/mol. The van der Waals surface area contributed by atoms with Crippen LogP contribution in [-0.2, 0) is 0 Å². The summed E-state index contributed by atoms with van der Waals surface area (Å²) in [6.07, 6.45) is 1.56. The van der Waals surface area contributed by atoms with Gasteiger partial charge in [0.25, 0.3) is 0 Å². The second kappa shape index (κ2) is 4.64. The molecule has 8 heteroatoms. The third kappa shape index (κ3) is 2.10. The maximum Gasteiger partial charge on any atom is 0.224 e. The van der Waals surface area contributed by atoms with E-state index in [4.69, 9.17) is 23.2 Å². The maximum absolute atomic E-state index is 6.15. The van der Waals surface area contributed by atoms with Gasteiger partial charge in [-0.15, -0.1) is 0 Å². The predicted octanol–water partition coefficient (Wildman–Crippen LogP) is 3.53. The molecule has 1 aromatic carbocycles. The highest BCUT2D eigenvalue weighted by Gasteiger charge is 2.10. The summed E-state index contributed by atoms with van der Waals surface area (Å²) >= 11 is 13.0. The van der Waals surface area contributed by atoms with Gasteiger partial charge in [0.15, 0.2) is 0 Å². The SMILES string of the molecule is Clc1nccc(Nc2c(Cl)ccc3nsnc23)n1. The van der Waals surface area contributed by atoms with E-state index >= 15 is 0 Å². The molecule has 3 aromatic rings. The van der Waals surface area contributed by atoms with E-state index in [1.807, 2.05) is 6.07 Å². The molecule has 0 aliphatic carbocycles. The summed E-state index contributed by atoms with van der Waals surface area (Å²) < 4.78 is 8.36. The van der Waals surface area contributed by atoms with Crippen molar-refractivity contribution in [2.24, 2.45) is 0 Å². The highest BCUT2D eigenvalue weighted by molar-refractivity contribution is 7.00. The van der Waals surface area contributed by atoms with Crippen LogP contribution >= 0.6 is 34.9 Å². The van der Waals surface area contributed by atoms with Crippen LogP contribution in [0, 0.1) is 0 Å². The fourth-order valence-corrected chi connectivity index (χ4v) is 2.37. The van der Waals surface area contributed by atoms with Crippen molar-refractivity contribution in [3.05, 3.63) is 34.7 Å². The molecule has 0 fully saturated rings. The second-order valence-corrected chi connectivity index (χ2v) is 4.66. The van der Waals surface area contributed by atoms with Gasteiger partial charge in [0.1, 0.15) is 16.9 Å². The van der Waals surface area contributed by atoms with Gasteiger partial charge in [0.05, 0.1) is 22.4 Å². The van der Waals surface area contributed by atoms with E-state index in [0.29, 0.717) is 22.0 Å². The van der Waals surface area contributed by atoms with Crippen molar-refractivity contribution in [1.29, 1.82) is 0 Å². The van der Waals surface area contributed by atoms with Gasteiger partial charge < -0.3 is 5.32 Å². The standard InChI is InChI=1S/C10H5Cl2N5S/c11-5-1-2-6-9(17-18-16-6)8(5)14-7-3-4-13-10(12)15-7/h1-4H,(H,13,14,15). The number of fused-ring (bicyclic) bond motifs is 1. The van der Waals surface area contributed by atoms with Crippen LogP contribution in [0.2, 0.25) is 10.3 Å². The second-order valence-electron chi connectivity index (χ2n) is 3.39.